The number of phenols is 1. The highest BCUT2D eigenvalue weighted by molar-refractivity contribution is 5.89. The molecule has 1 aliphatic heterocycles. The lowest BCUT2D eigenvalue weighted by molar-refractivity contribution is 0.0222. The van der Waals surface area contributed by atoms with Gasteiger partial charge in [0, 0.05) is 30.7 Å². The standard InChI is InChI=1S/C28H36N4O2/c1-5-22-10-13-24(33)16-25(22)28(3)14-15-32(18-21-6-7-21)19(2)26(28)31(4)27(34)30-23-11-8-20(17-29)9-12-23/h8-13,16,19,21,26,33H,5-7,14-15,18H2,1-4H3,(H,30,34)/t19?,26-,28-/m1/s1. The van der Waals surface area contributed by atoms with Crippen LogP contribution in [-0.2, 0) is 11.8 Å². The van der Waals surface area contributed by atoms with Gasteiger partial charge >= 0.3 is 6.03 Å². The predicted octanol–water partition coefficient (Wildman–Crippen LogP) is 5.12. The molecule has 0 radical (unpaired) electrons. The van der Waals surface area contributed by atoms with Crippen molar-refractivity contribution >= 4 is 11.7 Å². The molecule has 2 N–H and O–H groups in total. The number of hydrogen-bond donors (Lipinski definition) is 2. The van der Waals surface area contributed by atoms with E-state index >= 15 is 0 Å². The van der Waals surface area contributed by atoms with E-state index in [0.717, 1.165) is 37.4 Å². The number of aryl methyl sites for hydroxylation is 1. The van der Waals surface area contributed by atoms with Crippen molar-refractivity contribution in [3.8, 4) is 11.8 Å². The van der Waals surface area contributed by atoms with Gasteiger partial charge < -0.3 is 15.3 Å². The molecule has 4 rings (SSSR count). The quantitative estimate of drug-likeness (QED) is 0.627. The molecule has 1 heterocycles. The first-order valence-electron chi connectivity index (χ1n) is 12.4. The van der Waals surface area contributed by atoms with Crippen LogP contribution in [0.25, 0.3) is 0 Å². The number of nitrogens with one attached hydrogen (secondary N) is 1. The summed E-state index contributed by atoms with van der Waals surface area (Å²) in [5, 5.41) is 22.4. The van der Waals surface area contributed by atoms with Gasteiger partial charge in [0.05, 0.1) is 17.7 Å². The highest BCUT2D eigenvalue weighted by atomic mass is 16.3. The fraction of sp³-hybridized carbons (Fsp3) is 0.500. The number of hydrogen-bond acceptors (Lipinski definition) is 4. The summed E-state index contributed by atoms with van der Waals surface area (Å²) >= 11 is 0. The lowest BCUT2D eigenvalue weighted by Gasteiger charge is -2.54. The van der Waals surface area contributed by atoms with Gasteiger partial charge in [-0.1, -0.05) is 19.9 Å². The monoisotopic (exact) mass is 460 g/mol. The molecule has 0 spiro atoms. The minimum Gasteiger partial charge on any atom is -0.508 e. The predicted molar refractivity (Wildman–Crippen MR) is 135 cm³/mol. The van der Waals surface area contributed by atoms with Gasteiger partial charge in [-0.2, -0.15) is 5.26 Å². The summed E-state index contributed by atoms with van der Waals surface area (Å²) in [6.45, 7) is 8.70. The Bertz CT molecular complexity index is 1070. The molecule has 1 saturated carbocycles. The fourth-order valence-corrected chi connectivity index (χ4v) is 5.76. The van der Waals surface area contributed by atoms with E-state index in [4.69, 9.17) is 5.26 Å². The molecule has 2 amide bonds. The molecule has 2 aromatic carbocycles. The number of amides is 2. The molecule has 2 aliphatic rings. The van der Waals surface area contributed by atoms with E-state index in [1.807, 2.05) is 24.1 Å². The van der Waals surface area contributed by atoms with Crippen LogP contribution >= 0.6 is 0 Å². The lowest BCUT2D eigenvalue weighted by atomic mass is 9.66. The number of rotatable bonds is 6. The summed E-state index contributed by atoms with van der Waals surface area (Å²) in [6.07, 6.45) is 4.39. The van der Waals surface area contributed by atoms with Crippen LogP contribution in [0, 0.1) is 17.2 Å². The molecule has 34 heavy (non-hydrogen) atoms. The highest BCUT2D eigenvalue weighted by Gasteiger charge is 2.49. The van der Waals surface area contributed by atoms with Crippen LogP contribution in [-0.4, -0.2) is 53.2 Å². The maximum atomic E-state index is 13.5. The van der Waals surface area contributed by atoms with Crippen molar-refractivity contribution in [1.29, 1.82) is 5.26 Å². The molecular weight excluding hydrogens is 424 g/mol. The average molecular weight is 461 g/mol. The third kappa shape index (κ3) is 4.76. The molecule has 180 valence electrons. The molecule has 3 atom stereocenters. The van der Waals surface area contributed by atoms with Gasteiger partial charge in [-0.05, 0) is 92.6 Å². The normalized spacial score (nSPS) is 24.9. The number of nitrogens with zero attached hydrogens (tertiary/aromatic N) is 3. The maximum absolute atomic E-state index is 13.5. The zero-order valence-electron chi connectivity index (χ0n) is 20.7. The summed E-state index contributed by atoms with van der Waals surface area (Å²) in [6, 6.07) is 14.7. The summed E-state index contributed by atoms with van der Waals surface area (Å²) in [7, 11) is 1.88. The van der Waals surface area contributed by atoms with Crippen LogP contribution < -0.4 is 5.32 Å². The van der Waals surface area contributed by atoms with E-state index in [1.165, 1.54) is 18.4 Å². The van der Waals surface area contributed by atoms with Crippen LogP contribution in [0.3, 0.4) is 0 Å². The number of aromatic hydroxyl groups is 1. The van der Waals surface area contributed by atoms with E-state index in [0.29, 0.717) is 11.3 Å². The SMILES string of the molecule is CCc1ccc(O)cc1[C@@]1(C)CCN(CC2CC2)C(C)[C@H]1N(C)C(=O)Nc1ccc(C#N)cc1. The first kappa shape index (κ1) is 24.1. The molecule has 0 aromatic heterocycles. The second kappa shape index (κ2) is 9.68. The van der Waals surface area contributed by atoms with Crippen LogP contribution in [0.2, 0.25) is 0 Å². The second-order valence-electron chi connectivity index (χ2n) is 10.2. The number of likely N-dealkylation sites (tertiary alicyclic amines) is 1. The summed E-state index contributed by atoms with van der Waals surface area (Å²) in [5.41, 5.74) is 3.28. The van der Waals surface area contributed by atoms with Crippen molar-refractivity contribution in [2.75, 3.05) is 25.5 Å². The van der Waals surface area contributed by atoms with Crippen molar-refractivity contribution in [2.45, 2.75) is 64.0 Å². The van der Waals surface area contributed by atoms with Crippen molar-refractivity contribution in [3.05, 3.63) is 59.2 Å². The van der Waals surface area contributed by atoms with Crippen molar-refractivity contribution in [3.63, 3.8) is 0 Å². The van der Waals surface area contributed by atoms with E-state index in [2.05, 4.69) is 37.1 Å². The smallest absolute Gasteiger partial charge is 0.321 e. The molecule has 1 saturated heterocycles. The number of phenolic OH excluding ortho intramolecular Hbond substituents is 1. The summed E-state index contributed by atoms with van der Waals surface area (Å²) in [5.74, 6) is 1.04. The van der Waals surface area contributed by atoms with Crippen LogP contribution in [0.4, 0.5) is 10.5 Å². The zero-order valence-corrected chi connectivity index (χ0v) is 20.7. The molecule has 1 unspecified atom stereocenters. The molecule has 1 aliphatic carbocycles. The van der Waals surface area contributed by atoms with Gasteiger partial charge in [0.25, 0.3) is 0 Å². The van der Waals surface area contributed by atoms with E-state index in [9.17, 15) is 9.90 Å². The van der Waals surface area contributed by atoms with Gasteiger partial charge in [0.2, 0.25) is 0 Å². The van der Waals surface area contributed by atoms with Crippen LogP contribution in [0.5, 0.6) is 5.75 Å². The Morgan fingerprint density at radius 3 is 2.59 bits per heavy atom. The van der Waals surface area contributed by atoms with Crippen LogP contribution in [0.15, 0.2) is 42.5 Å². The van der Waals surface area contributed by atoms with Crippen molar-refractivity contribution in [1.82, 2.24) is 9.80 Å². The molecule has 2 aromatic rings. The number of likely N-dealkylation sites (N-methyl/N-ethyl adjacent to an activating group) is 1. The molecular formula is C28H36N4O2. The van der Waals surface area contributed by atoms with E-state index in [-0.39, 0.29) is 29.3 Å². The Morgan fingerprint density at radius 1 is 1.26 bits per heavy atom. The number of piperidine rings is 1. The van der Waals surface area contributed by atoms with Crippen molar-refractivity contribution < 1.29 is 9.90 Å². The van der Waals surface area contributed by atoms with E-state index < -0.39 is 0 Å². The Labute approximate surface area is 203 Å². The first-order chi connectivity index (χ1) is 16.3. The van der Waals surface area contributed by atoms with E-state index in [1.54, 1.807) is 30.3 Å². The van der Waals surface area contributed by atoms with Crippen molar-refractivity contribution in [2.24, 2.45) is 5.92 Å². The maximum Gasteiger partial charge on any atom is 0.321 e. The summed E-state index contributed by atoms with van der Waals surface area (Å²) < 4.78 is 0. The van der Waals surface area contributed by atoms with Gasteiger partial charge in [-0.15, -0.1) is 0 Å². The number of anilines is 1. The average Bonchev–Trinajstić information content (AvgIpc) is 3.65. The lowest BCUT2D eigenvalue weighted by Crippen LogP contribution is -2.65. The number of carbonyl (C=O) groups excluding carboxylic acids is 1. The number of nitriles is 1. The third-order valence-corrected chi connectivity index (χ3v) is 7.89. The Morgan fingerprint density at radius 2 is 1.97 bits per heavy atom. The summed E-state index contributed by atoms with van der Waals surface area (Å²) in [4.78, 5) is 17.9. The van der Waals surface area contributed by atoms with Gasteiger partial charge in [-0.25, -0.2) is 4.79 Å². The van der Waals surface area contributed by atoms with Gasteiger partial charge in [0.1, 0.15) is 5.75 Å². The largest absolute Gasteiger partial charge is 0.508 e. The first-order valence-corrected chi connectivity index (χ1v) is 12.4. The Hall–Kier alpha value is -3.04. The topological polar surface area (TPSA) is 79.6 Å². The highest BCUT2D eigenvalue weighted by Crippen LogP contribution is 2.44. The number of carbonyl (C=O) groups is 1. The number of urea groups is 1. The number of benzene rings is 2. The van der Waals surface area contributed by atoms with Crippen LogP contribution in [0.1, 0.15) is 56.7 Å². The Kier molecular flexibility index (Phi) is 6.86. The molecule has 2 fully saturated rings. The Balaban J connectivity index is 1.67. The molecule has 0 bridgehead atoms. The molecule has 6 nitrogen and oxygen atoms in total. The minimum absolute atomic E-state index is 0.0783. The third-order valence-electron chi connectivity index (χ3n) is 7.89. The molecule has 6 heteroatoms. The second-order valence-corrected chi connectivity index (χ2v) is 10.2. The zero-order chi connectivity index (χ0) is 24.5. The van der Waals surface area contributed by atoms with Gasteiger partial charge in [-0.3, -0.25) is 4.90 Å². The fourth-order valence-electron chi connectivity index (χ4n) is 5.76. The minimum atomic E-state index is -0.305. The van der Waals surface area contributed by atoms with Gasteiger partial charge in [0.15, 0.2) is 0 Å².